The topological polar surface area (TPSA) is 85.3 Å². The Balaban J connectivity index is 1.78. The number of aromatic carboxylic acids is 1. The summed E-state index contributed by atoms with van der Waals surface area (Å²) in [5.74, 6) is -0.342. The zero-order chi connectivity index (χ0) is 18.3. The number of nitrogens with zero attached hydrogens (tertiary/aromatic N) is 2. The van der Waals surface area contributed by atoms with Crippen molar-refractivity contribution in [3.63, 3.8) is 0 Å². The van der Waals surface area contributed by atoms with Crippen molar-refractivity contribution >= 4 is 27.5 Å². The normalized spacial score (nSPS) is 11.1. The van der Waals surface area contributed by atoms with Gasteiger partial charge in [-0.2, -0.15) is 0 Å². The molecule has 0 bridgehead atoms. The van der Waals surface area contributed by atoms with Crippen molar-refractivity contribution in [2.75, 3.05) is 0 Å². The lowest BCUT2D eigenvalue weighted by atomic mass is 10.2. The van der Waals surface area contributed by atoms with Crippen molar-refractivity contribution in [2.24, 2.45) is 0 Å². The number of carboxylic acid groups (broad SMARTS) is 1. The average Bonchev–Trinajstić information content (AvgIpc) is 3.26. The highest BCUT2D eigenvalue weighted by Crippen LogP contribution is 2.31. The molecule has 0 spiro atoms. The number of carboxylic acids is 1. The summed E-state index contributed by atoms with van der Waals surface area (Å²) >= 11 is 1.48. The average molecular weight is 366 g/mol. The summed E-state index contributed by atoms with van der Waals surface area (Å²) in [4.78, 5) is 30.1. The van der Waals surface area contributed by atoms with E-state index in [0.29, 0.717) is 21.8 Å². The van der Waals surface area contributed by atoms with Crippen LogP contribution in [0.15, 0.2) is 57.7 Å². The first-order valence-corrected chi connectivity index (χ1v) is 8.73. The van der Waals surface area contributed by atoms with Gasteiger partial charge in [0.25, 0.3) is 5.56 Å². The molecule has 26 heavy (non-hydrogen) atoms. The highest BCUT2D eigenvalue weighted by Gasteiger charge is 2.15. The molecule has 3 heterocycles. The van der Waals surface area contributed by atoms with Gasteiger partial charge in [0.15, 0.2) is 0 Å². The number of aryl methyl sites for hydroxylation is 1. The van der Waals surface area contributed by atoms with Crippen molar-refractivity contribution in [1.82, 2.24) is 9.55 Å². The molecule has 4 aromatic rings. The molecule has 0 atom stereocenters. The van der Waals surface area contributed by atoms with Gasteiger partial charge in [-0.15, -0.1) is 11.3 Å². The van der Waals surface area contributed by atoms with Crippen molar-refractivity contribution in [2.45, 2.75) is 13.5 Å². The summed E-state index contributed by atoms with van der Waals surface area (Å²) in [5.41, 5.74) is 0.871. The molecule has 0 saturated heterocycles. The highest BCUT2D eigenvalue weighted by atomic mass is 32.1. The minimum absolute atomic E-state index is 0.136. The van der Waals surface area contributed by atoms with Crippen LogP contribution in [0.25, 0.3) is 20.7 Å². The molecular formula is C19H14N2O4S. The molecule has 0 saturated carbocycles. The fraction of sp³-hybridized carbons (Fsp3) is 0.105. The number of hydrogen-bond acceptors (Lipinski definition) is 5. The molecule has 0 aliphatic carbocycles. The third-order valence-corrected chi connectivity index (χ3v) is 5.16. The fourth-order valence-corrected chi connectivity index (χ4v) is 3.85. The zero-order valence-electron chi connectivity index (χ0n) is 13.8. The van der Waals surface area contributed by atoms with Gasteiger partial charge in [-0.1, -0.05) is 30.3 Å². The molecule has 0 aliphatic heterocycles. The van der Waals surface area contributed by atoms with Crippen LogP contribution in [0.5, 0.6) is 0 Å². The van der Waals surface area contributed by atoms with Crippen LogP contribution in [0.1, 0.15) is 22.1 Å². The van der Waals surface area contributed by atoms with E-state index < -0.39 is 5.97 Å². The van der Waals surface area contributed by atoms with Crippen LogP contribution in [-0.4, -0.2) is 20.6 Å². The van der Waals surface area contributed by atoms with E-state index in [9.17, 15) is 9.59 Å². The molecular weight excluding hydrogens is 352 g/mol. The molecule has 0 fully saturated rings. The SMILES string of the molecule is Cc1nc2sc(-c3ccccc3)cc2c(=O)n1Cc1ccc(C(=O)O)o1. The molecule has 0 unspecified atom stereocenters. The molecule has 0 amide bonds. The number of carbonyl (C=O) groups is 1. The maximum absolute atomic E-state index is 12.9. The van der Waals surface area contributed by atoms with Crippen molar-refractivity contribution in [1.29, 1.82) is 0 Å². The Morgan fingerprint density at radius 1 is 1.23 bits per heavy atom. The van der Waals surface area contributed by atoms with E-state index in [0.717, 1.165) is 10.4 Å². The highest BCUT2D eigenvalue weighted by molar-refractivity contribution is 7.21. The van der Waals surface area contributed by atoms with Gasteiger partial charge in [0.1, 0.15) is 16.4 Å². The number of aromatic nitrogens is 2. The van der Waals surface area contributed by atoms with E-state index >= 15 is 0 Å². The van der Waals surface area contributed by atoms with Gasteiger partial charge in [-0.25, -0.2) is 9.78 Å². The Morgan fingerprint density at radius 2 is 2.00 bits per heavy atom. The van der Waals surface area contributed by atoms with Gasteiger partial charge in [-0.3, -0.25) is 9.36 Å². The Labute approximate surface area is 152 Å². The van der Waals surface area contributed by atoms with Gasteiger partial charge in [-0.05, 0) is 30.7 Å². The van der Waals surface area contributed by atoms with E-state index in [1.54, 1.807) is 13.0 Å². The maximum Gasteiger partial charge on any atom is 0.371 e. The Hall–Kier alpha value is -3.19. The number of hydrogen-bond donors (Lipinski definition) is 1. The number of rotatable bonds is 4. The number of thiophene rings is 1. The van der Waals surface area contributed by atoms with Crippen molar-refractivity contribution in [3.8, 4) is 10.4 Å². The molecule has 1 aromatic carbocycles. The van der Waals surface area contributed by atoms with Crippen LogP contribution in [0.4, 0.5) is 0 Å². The fourth-order valence-electron chi connectivity index (χ4n) is 2.78. The molecule has 0 radical (unpaired) electrons. The minimum Gasteiger partial charge on any atom is -0.475 e. The smallest absolute Gasteiger partial charge is 0.371 e. The number of benzene rings is 1. The second-order valence-electron chi connectivity index (χ2n) is 5.82. The standard InChI is InChI=1S/C19H14N2O4S/c1-11-20-17-14(9-16(26-17)12-5-3-2-4-6-12)18(22)21(11)10-13-7-8-15(25-13)19(23)24/h2-9H,10H2,1H3,(H,23,24). The van der Waals surface area contributed by atoms with E-state index in [2.05, 4.69) is 4.98 Å². The predicted octanol–water partition coefficient (Wildman–Crippen LogP) is 3.77. The first kappa shape index (κ1) is 16.3. The van der Waals surface area contributed by atoms with Gasteiger partial charge in [0.2, 0.25) is 5.76 Å². The number of fused-ring (bicyclic) bond motifs is 1. The maximum atomic E-state index is 12.9. The van der Waals surface area contributed by atoms with Crippen LogP contribution in [0.3, 0.4) is 0 Å². The van der Waals surface area contributed by atoms with Crippen LogP contribution >= 0.6 is 11.3 Å². The number of furan rings is 1. The first-order valence-electron chi connectivity index (χ1n) is 7.91. The van der Waals surface area contributed by atoms with Crippen LogP contribution in [0, 0.1) is 6.92 Å². The molecule has 3 aromatic heterocycles. The molecule has 4 rings (SSSR count). The Morgan fingerprint density at radius 3 is 2.69 bits per heavy atom. The van der Waals surface area contributed by atoms with Crippen molar-refractivity contribution in [3.05, 3.63) is 76.2 Å². The van der Waals surface area contributed by atoms with Crippen molar-refractivity contribution < 1.29 is 14.3 Å². The molecule has 130 valence electrons. The van der Waals surface area contributed by atoms with E-state index in [1.807, 2.05) is 36.4 Å². The minimum atomic E-state index is -1.14. The Kier molecular flexibility index (Phi) is 3.93. The monoisotopic (exact) mass is 366 g/mol. The summed E-state index contributed by atoms with van der Waals surface area (Å²) in [6, 6.07) is 14.6. The lowest BCUT2D eigenvalue weighted by Gasteiger charge is -2.07. The third-order valence-electron chi connectivity index (χ3n) is 4.09. The first-order chi connectivity index (χ1) is 12.5. The van der Waals surface area contributed by atoms with E-state index in [1.165, 1.54) is 22.0 Å². The Bertz CT molecular complexity index is 1170. The summed E-state index contributed by atoms with van der Waals surface area (Å²) in [6.07, 6.45) is 0. The lowest BCUT2D eigenvalue weighted by molar-refractivity contribution is 0.0660. The largest absolute Gasteiger partial charge is 0.475 e. The summed E-state index contributed by atoms with van der Waals surface area (Å²) in [6.45, 7) is 1.89. The van der Waals surface area contributed by atoms with E-state index in [4.69, 9.17) is 9.52 Å². The van der Waals surface area contributed by atoms with Gasteiger partial charge >= 0.3 is 5.97 Å². The third kappa shape index (κ3) is 2.82. The van der Waals surface area contributed by atoms with Crippen LogP contribution in [-0.2, 0) is 6.54 Å². The van der Waals surface area contributed by atoms with Crippen LogP contribution < -0.4 is 5.56 Å². The van der Waals surface area contributed by atoms with Gasteiger partial charge in [0.05, 0.1) is 11.9 Å². The zero-order valence-corrected chi connectivity index (χ0v) is 14.6. The van der Waals surface area contributed by atoms with E-state index in [-0.39, 0.29) is 17.9 Å². The van der Waals surface area contributed by atoms with Gasteiger partial charge < -0.3 is 9.52 Å². The molecule has 7 heteroatoms. The van der Waals surface area contributed by atoms with Crippen LogP contribution in [0.2, 0.25) is 0 Å². The second kappa shape index (κ2) is 6.27. The quantitative estimate of drug-likeness (QED) is 0.594. The molecule has 0 aliphatic rings. The summed E-state index contributed by atoms with van der Waals surface area (Å²) in [7, 11) is 0. The summed E-state index contributed by atoms with van der Waals surface area (Å²) < 4.78 is 6.76. The predicted molar refractivity (Wildman–Crippen MR) is 98.8 cm³/mol. The second-order valence-corrected chi connectivity index (χ2v) is 6.85. The summed E-state index contributed by atoms with van der Waals surface area (Å²) in [5, 5.41) is 9.50. The van der Waals surface area contributed by atoms with Gasteiger partial charge in [0, 0.05) is 4.88 Å². The molecule has 1 N–H and O–H groups in total. The molecule has 6 nitrogen and oxygen atoms in total. The lowest BCUT2D eigenvalue weighted by Crippen LogP contribution is -2.23.